The van der Waals surface area contributed by atoms with Crippen molar-refractivity contribution in [3.63, 3.8) is 0 Å². The van der Waals surface area contributed by atoms with Crippen LogP contribution in [0, 0.1) is 13.8 Å². The summed E-state index contributed by atoms with van der Waals surface area (Å²) in [5.74, 6) is -0.995. The Morgan fingerprint density at radius 3 is 2.59 bits per heavy atom. The van der Waals surface area contributed by atoms with Gasteiger partial charge in [-0.15, -0.1) is 0 Å². The number of amides is 1. The lowest BCUT2D eigenvalue weighted by Gasteiger charge is -2.14. The number of anilines is 1. The Morgan fingerprint density at radius 1 is 1.17 bits per heavy atom. The second-order valence-electron chi connectivity index (χ2n) is 6.54. The van der Waals surface area contributed by atoms with Gasteiger partial charge in [0.05, 0.1) is 23.5 Å². The van der Waals surface area contributed by atoms with Crippen LogP contribution in [-0.4, -0.2) is 32.7 Å². The number of carbonyl (C=O) groups is 2. The molecular formula is C21H21ClN4O3. The molecule has 1 amide bonds. The summed E-state index contributed by atoms with van der Waals surface area (Å²) in [7, 11) is 0. The van der Waals surface area contributed by atoms with Crippen molar-refractivity contribution in [2.75, 3.05) is 5.32 Å². The van der Waals surface area contributed by atoms with Crippen molar-refractivity contribution in [1.82, 2.24) is 14.8 Å². The number of nitrogens with zero attached hydrogens (tertiary/aromatic N) is 3. The predicted octanol–water partition coefficient (Wildman–Crippen LogP) is 3.65. The van der Waals surface area contributed by atoms with Crippen LogP contribution in [0.5, 0.6) is 0 Å². The van der Waals surface area contributed by atoms with E-state index in [4.69, 9.17) is 16.3 Å². The van der Waals surface area contributed by atoms with Crippen LogP contribution in [0.3, 0.4) is 0 Å². The molecule has 0 aliphatic carbocycles. The molecule has 3 rings (SSSR count). The number of pyridine rings is 1. The van der Waals surface area contributed by atoms with Crippen LogP contribution in [0.1, 0.15) is 23.9 Å². The number of hydrogen-bond donors (Lipinski definition) is 1. The van der Waals surface area contributed by atoms with Gasteiger partial charge < -0.3 is 10.1 Å². The summed E-state index contributed by atoms with van der Waals surface area (Å²) in [6.07, 6.45) is 0.556. The van der Waals surface area contributed by atoms with Gasteiger partial charge in [0.15, 0.2) is 11.3 Å². The second kappa shape index (κ2) is 8.87. The zero-order valence-corrected chi connectivity index (χ0v) is 17.1. The highest BCUT2D eigenvalue weighted by Gasteiger charge is 2.22. The molecule has 8 heteroatoms. The number of benzene rings is 1. The minimum Gasteiger partial charge on any atom is -0.452 e. The molecule has 2 heterocycles. The van der Waals surface area contributed by atoms with Gasteiger partial charge in [0, 0.05) is 17.5 Å². The number of nitrogens with one attached hydrogen (secondary N) is 1. The van der Waals surface area contributed by atoms with E-state index in [-0.39, 0.29) is 11.6 Å². The number of carbonyl (C=O) groups excluding carboxylic acids is 2. The maximum absolute atomic E-state index is 12.4. The van der Waals surface area contributed by atoms with E-state index in [1.807, 2.05) is 44.2 Å². The molecule has 0 bridgehead atoms. The molecule has 1 aromatic carbocycles. The van der Waals surface area contributed by atoms with Crippen LogP contribution in [0.4, 0.5) is 5.69 Å². The molecule has 2 aromatic heterocycles. The van der Waals surface area contributed by atoms with Crippen molar-refractivity contribution >= 4 is 29.2 Å². The maximum atomic E-state index is 12.4. The van der Waals surface area contributed by atoms with Gasteiger partial charge in [0.25, 0.3) is 5.91 Å². The van der Waals surface area contributed by atoms with Gasteiger partial charge in [-0.3, -0.25) is 9.59 Å². The number of rotatable bonds is 6. The summed E-state index contributed by atoms with van der Waals surface area (Å²) in [5.41, 5.74) is 3.64. The van der Waals surface area contributed by atoms with Crippen LogP contribution in [0.25, 0.3) is 5.69 Å². The van der Waals surface area contributed by atoms with Gasteiger partial charge in [-0.1, -0.05) is 29.8 Å². The summed E-state index contributed by atoms with van der Waals surface area (Å²) in [6, 6.07) is 12.9. The molecule has 29 heavy (non-hydrogen) atoms. The Morgan fingerprint density at radius 2 is 1.90 bits per heavy atom. The Bertz CT molecular complexity index is 1030. The van der Waals surface area contributed by atoms with Crippen molar-refractivity contribution in [2.45, 2.75) is 33.3 Å². The molecule has 7 nitrogen and oxygen atoms in total. The van der Waals surface area contributed by atoms with E-state index in [0.717, 1.165) is 22.6 Å². The SMILES string of the molecule is Cc1nn(-c2ccccc2)c(C)c1CC(=O)O[C@H](C)C(=O)Nc1cccnc1Cl. The highest BCUT2D eigenvalue weighted by Crippen LogP contribution is 2.20. The van der Waals surface area contributed by atoms with E-state index in [0.29, 0.717) is 5.69 Å². The predicted molar refractivity (Wildman–Crippen MR) is 110 cm³/mol. The molecule has 0 aliphatic rings. The standard InChI is InChI=1S/C21H21ClN4O3/c1-13-17(14(2)26(25-13)16-8-5-4-6-9-16)12-19(27)29-15(3)21(28)24-18-10-7-11-23-20(18)22/h4-11,15H,12H2,1-3H3,(H,24,28)/t15-/m1/s1. The fourth-order valence-corrected chi connectivity index (χ4v) is 3.07. The lowest BCUT2D eigenvalue weighted by molar-refractivity contribution is -0.152. The van der Waals surface area contributed by atoms with E-state index in [2.05, 4.69) is 15.4 Å². The van der Waals surface area contributed by atoms with Crippen molar-refractivity contribution in [3.8, 4) is 5.69 Å². The number of halogens is 1. The lowest BCUT2D eigenvalue weighted by atomic mass is 10.1. The van der Waals surface area contributed by atoms with Crippen molar-refractivity contribution in [2.24, 2.45) is 0 Å². The van der Waals surface area contributed by atoms with Gasteiger partial charge in [-0.2, -0.15) is 5.10 Å². The molecule has 0 aliphatic heterocycles. The lowest BCUT2D eigenvalue weighted by Crippen LogP contribution is -2.30. The van der Waals surface area contributed by atoms with Gasteiger partial charge in [-0.25, -0.2) is 9.67 Å². The van der Waals surface area contributed by atoms with Gasteiger partial charge in [0.2, 0.25) is 0 Å². The minimum absolute atomic E-state index is 0.0236. The zero-order valence-electron chi connectivity index (χ0n) is 16.3. The van der Waals surface area contributed by atoms with E-state index in [9.17, 15) is 9.59 Å². The number of aromatic nitrogens is 3. The van der Waals surface area contributed by atoms with E-state index in [1.54, 1.807) is 16.8 Å². The number of para-hydroxylation sites is 1. The summed E-state index contributed by atoms with van der Waals surface area (Å²) >= 11 is 5.93. The number of hydrogen-bond acceptors (Lipinski definition) is 5. The monoisotopic (exact) mass is 412 g/mol. The molecular weight excluding hydrogens is 392 g/mol. The van der Waals surface area contributed by atoms with Crippen LogP contribution in [0.2, 0.25) is 5.15 Å². The van der Waals surface area contributed by atoms with Crippen LogP contribution >= 0.6 is 11.6 Å². The first-order valence-electron chi connectivity index (χ1n) is 9.08. The third kappa shape index (κ3) is 4.81. The van der Waals surface area contributed by atoms with E-state index < -0.39 is 18.0 Å². The first-order valence-corrected chi connectivity index (χ1v) is 9.46. The van der Waals surface area contributed by atoms with Crippen LogP contribution < -0.4 is 5.32 Å². The largest absolute Gasteiger partial charge is 0.452 e. The first kappa shape index (κ1) is 20.5. The molecule has 0 fully saturated rings. The average molecular weight is 413 g/mol. The van der Waals surface area contributed by atoms with E-state index >= 15 is 0 Å². The third-order valence-electron chi connectivity index (χ3n) is 4.46. The highest BCUT2D eigenvalue weighted by atomic mass is 35.5. The molecule has 3 aromatic rings. The number of ether oxygens (including phenoxy) is 1. The molecule has 0 radical (unpaired) electrons. The molecule has 0 unspecified atom stereocenters. The normalized spacial score (nSPS) is 11.7. The van der Waals surface area contributed by atoms with Gasteiger partial charge >= 0.3 is 5.97 Å². The Labute approximate surface area is 173 Å². The molecule has 0 saturated carbocycles. The maximum Gasteiger partial charge on any atom is 0.311 e. The average Bonchev–Trinajstić information content (AvgIpc) is 2.98. The van der Waals surface area contributed by atoms with Crippen LogP contribution in [0.15, 0.2) is 48.7 Å². The number of aryl methyl sites for hydroxylation is 1. The fraction of sp³-hybridized carbons (Fsp3) is 0.238. The molecule has 0 spiro atoms. The Kier molecular flexibility index (Phi) is 6.29. The topological polar surface area (TPSA) is 86.1 Å². The fourth-order valence-electron chi connectivity index (χ4n) is 2.90. The quantitative estimate of drug-likeness (QED) is 0.493. The minimum atomic E-state index is -0.983. The molecule has 1 N–H and O–H groups in total. The smallest absolute Gasteiger partial charge is 0.311 e. The molecule has 0 saturated heterocycles. The first-order chi connectivity index (χ1) is 13.9. The highest BCUT2D eigenvalue weighted by molar-refractivity contribution is 6.32. The second-order valence-corrected chi connectivity index (χ2v) is 6.89. The van der Waals surface area contributed by atoms with Gasteiger partial charge in [0.1, 0.15) is 0 Å². The summed E-state index contributed by atoms with van der Waals surface area (Å²) < 4.78 is 7.09. The summed E-state index contributed by atoms with van der Waals surface area (Å²) in [6.45, 7) is 5.25. The molecule has 1 atom stereocenters. The summed E-state index contributed by atoms with van der Waals surface area (Å²) in [5, 5.41) is 7.29. The third-order valence-corrected chi connectivity index (χ3v) is 4.76. The zero-order chi connectivity index (χ0) is 21.0. The van der Waals surface area contributed by atoms with Crippen molar-refractivity contribution in [1.29, 1.82) is 0 Å². The Balaban J connectivity index is 1.65. The molecule has 150 valence electrons. The van der Waals surface area contributed by atoms with E-state index in [1.165, 1.54) is 13.1 Å². The van der Waals surface area contributed by atoms with Crippen molar-refractivity contribution < 1.29 is 14.3 Å². The summed E-state index contributed by atoms with van der Waals surface area (Å²) in [4.78, 5) is 28.6. The van der Waals surface area contributed by atoms with Crippen LogP contribution in [-0.2, 0) is 20.7 Å². The Hall–Kier alpha value is -3.19. The van der Waals surface area contributed by atoms with Gasteiger partial charge in [-0.05, 0) is 45.0 Å². The van der Waals surface area contributed by atoms with Crippen molar-refractivity contribution in [3.05, 3.63) is 70.8 Å². The number of esters is 1.